The highest BCUT2D eigenvalue weighted by atomic mass is 32.2. The Hall–Kier alpha value is -2.28. The molecule has 3 aromatic rings. The molecule has 28 heavy (non-hydrogen) atoms. The highest BCUT2D eigenvalue weighted by molar-refractivity contribution is 7.98. The Morgan fingerprint density at radius 1 is 1.25 bits per heavy atom. The van der Waals surface area contributed by atoms with Crippen LogP contribution in [0.1, 0.15) is 65.6 Å². The Morgan fingerprint density at radius 3 is 2.79 bits per heavy atom. The molecule has 0 aromatic carbocycles. The van der Waals surface area contributed by atoms with Crippen molar-refractivity contribution in [2.45, 2.75) is 62.9 Å². The minimum absolute atomic E-state index is 0.366. The fourth-order valence-corrected chi connectivity index (χ4v) is 5.05. The maximum absolute atomic E-state index is 12.0. The molecule has 3 aromatic heterocycles. The van der Waals surface area contributed by atoms with Crippen molar-refractivity contribution in [1.82, 2.24) is 18.9 Å². The number of hydrogen-bond acceptors (Lipinski definition) is 5. The second-order valence-electron chi connectivity index (χ2n) is 7.39. The molecule has 1 aliphatic rings. The lowest BCUT2D eigenvalue weighted by Gasteiger charge is -2.26. The molecule has 7 heteroatoms. The van der Waals surface area contributed by atoms with Crippen LogP contribution in [0.3, 0.4) is 0 Å². The first-order valence-electron chi connectivity index (χ1n) is 9.81. The largest absolute Gasteiger partial charge is 0.465 e. The summed E-state index contributed by atoms with van der Waals surface area (Å²) in [5, 5.41) is 1.08. The van der Waals surface area contributed by atoms with Crippen molar-refractivity contribution in [1.29, 1.82) is 0 Å². The minimum atomic E-state index is -0.366. The molecule has 0 saturated heterocycles. The van der Waals surface area contributed by atoms with Crippen LogP contribution in [0.25, 0.3) is 5.65 Å². The number of ether oxygens (including phenoxy) is 1. The van der Waals surface area contributed by atoms with Crippen LogP contribution < -0.4 is 0 Å². The number of esters is 1. The van der Waals surface area contributed by atoms with Gasteiger partial charge in [0.25, 0.3) is 0 Å². The van der Waals surface area contributed by atoms with Crippen molar-refractivity contribution in [3.63, 3.8) is 0 Å². The number of methoxy groups -OCH3 is 1. The average molecular weight is 399 g/mol. The fraction of sp³-hybridized carbons (Fsp3) is 0.476. The number of thioether (sulfide) groups is 1. The quantitative estimate of drug-likeness (QED) is 0.459. The summed E-state index contributed by atoms with van der Waals surface area (Å²) in [6.07, 6.45) is 10.3. The van der Waals surface area contributed by atoms with E-state index in [-0.39, 0.29) is 5.97 Å². The third kappa shape index (κ3) is 3.55. The highest BCUT2D eigenvalue weighted by Gasteiger charge is 2.22. The fourth-order valence-electron chi connectivity index (χ4n) is 4.01. The Labute approximate surface area is 169 Å². The lowest BCUT2D eigenvalue weighted by Crippen LogP contribution is -2.15. The van der Waals surface area contributed by atoms with E-state index in [2.05, 4.69) is 23.4 Å². The molecule has 0 radical (unpaired) electrons. The predicted molar refractivity (Wildman–Crippen MR) is 110 cm³/mol. The van der Waals surface area contributed by atoms with Crippen LogP contribution in [0.2, 0.25) is 0 Å². The van der Waals surface area contributed by atoms with E-state index in [4.69, 9.17) is 9.72 Å². The summed E-state index contributed by atoms with van der Waals surface area (Å²) in [4.78, 5) is 21.5. The lowest BCUT2D eigenvalue weighted by molar-refractivity contribution is 0.0602. The number of imidazole rings is 2. The molecule has 0 aliphatic heterocycles. The first-order chi connectivity index (χ1) is 13.6. The average Bonchev–Trinajstić information content (AvgIpc) is 3.26. The number of carbonyl (C=O) groups is 1. The van der Waals surface area contributed by atoms with E-state index in [0.717, 1.165) is 16.5 Å². The van der Waals surface area contributed by atoms with Crippen LogP contribution in [-0.2, 0) is 10.5 Å². The number of hydrogen-bond donors (Lipinski definition) is 0. The summed E-state index contributed by atoms with van der Waals surface area (Å²) >= 11 is 1.72. The normalized spacial score (nSPS) is 15.2. The van der Waals surface area contributed by atoms with Gasteiger partial charge in [-0.2, -0.15) is 0 Å². The molecule has 3 heterocycles. The van der Waals surface area contributed by atoms with Gasteiger partial charge in [-0.25, -0.2) is 14.8 Å². The Kier molecular flexibility index (Phi) is 5.44. The minimum Gasteiger partial charge on any atom is -0.465 e. The highest BCUT2D eigenvalue weighted by Crippen LogP contribution is 2.35. The van der Waals surface area contributed by atoms with E-state index < -0.39 is 0 Å². The van der Waals surface area contributed by atoms with Gasteiger partial charge in [0, 0.05) is 29.9 Å². The summed E-state index contributed by atoms with van der Waals surface area (Å²) in [5.41, 5.74) is 4.42. The van der Waals surface area contributed by atoms with E-state index in [1.54, 1.807) is 17.8 Å². The summed E-state index contributed by atoms with van der Waals surface area (Å²) in [7, 11) is 1.39. The van der Waals surface area contributed by atoms with Crippen molar-refractivity contribution < 1.29 is 9.53 Å². The van der Waals surface area contributed by atoms with Crippen LogP contribution in [0.5, 0.6) is 0 Å². The maximum Gasteiger partial charge on any atom is 0.341 e. The zero-order valence-electron chi connectivity index (χ0n) is 16.6. The molecule has 4 rings (SSSR count). The van der Waals surface area contributed by atoms with E-state index in [0.29, 0.717) is 23.0 Å². The maximum atomic E-state index is 12.0. The van der Waals surface area contributed by atoms with Crippen LogP contribution >= 0.6 is 11.8 Å². The standard InChI is InChI=1S/C21H26N4O2S/c1-14-15(2)25(17-8-5-4-6-9-17)21(22-14)28-13-16-12-24-11-7-10-18(19(24)23-16)20(26)27-3/h7,10-12,17H,4-6,8-9,13H2,1-3H3. The van der Waals surface area contributed by atoms with Gasteiger partial charge in [0.2, 0.25) is 0 Å². The molecule has 0 bridgehead atoms. The molecule has 0 amide bonds. The predicted octanol–water partition coefficient (Wildman–Crippen LogP) is 4.73. The summed E-state index contributed by atoms with van der Waals surface area (Å²) in [6.45, 7) is 4.26. The van der Waals surface area contributed by atoms with Crippen LogP contribution in [0.4, 0.5) is 0 Å². The van der Waals surface area contributed by atoms with Crippen LogP contribution in [-0.4, -0.2) is 32.0 Å². The second kappa shape index (κ2) is 7.99. The Morgan fingerprint density at radius 2 is 2.04 bits per heavy atom. The van der Waals surface area contributed by atoms with Crippen molar-refractivity contribution in [2.75, 3.05) is 7.11 Å². The molecule has 0 unspecified atom stereocenters. The second-order valence-corrected chi connectivity index (χ2v) is 8.33. The van der Waals surface area contributed by atoms with Crippen molar-refractivity contribution >= 4 is 23.4 Å². The topological polar surface area (TPSA) is 61.4 Å². The zero-order chi connectivity index (χ0) is 19.7. The molecular formula is C21H26N4O2S. The lowest BCUT2D eigenvalue weighted by atomic mass is 9.95. The number of fused-ring (bicyclic) bond motifs is 1. The zero-order valence-corrected chi connectivity index (χ0v) is 17.5. The van der Waals surface area contributed by atoms with Gasteiger partial charge >= 0.3 is 5.97 Å². The molecule has 6 nitrogen and oxygen atoms in total. The van der Waals surface area contributed by atoms with Gasteiger partial charge in [0.15, 0.2) is 10.8 Å². The molecule has 148 valence electrons. The SMILES string of the molecule is COC(=O)c1cccn2cc(CSc3nc(C)c(C)n3C3CCCCC3)nc12. The van der Waals surface area contributed by atoms with Gasteiger partial charge in [0.1, 0.15) is 5.56 Å². The van der Waals surface area contributed by atoms with Crippen LogP contribution in [0, 0.1) is 13.8 Å². The number of pyridine rings is 1. The number of carbonyl (C=O) groups excluding carboxylic acids is 1. The molecule has 1 aliphatic carbocycles. The molecule has 0 N–H and O–H groups in total. The first kappa shape index (κ1) is 19.1. The van der Waals surface area contributed by atoms with Crippen molar-refractivity contribution in [3.05, 3.63) is 47.2 Å². The van der Waals surface area contributed by atoms with Gasteiger partial charge in [-0.15, -0.1) is 0 Å². The number of aromatic nitrogens is 4. The van der Waals surface area contributed by atoms with Gasteiger partial charge in [-0.1, -0.05) is 31.0 Å². The molecule has 1 fully saturated rings. The van der Waals surface area contributed by atoms with Gasteiger partial charge in [0.05, 0.1) is 18.5 Å². The summed E-state index contributed by atoms with van der Waals surface area (Å²) < 4.78 is 9.19. The molecule has 0 atom stereocenters. The smallest absolute Gasteiger partial charge is 0.341 e. The van der Waals surface area contributed by atoms with Gasteiger partial charge < -0.3 is 13.7 Å². The third-order valence-electron chi connectivity index (χ3n) is 5.58. The van der Waals surface area contributed by atoms with Gasteiger partial charge in [-0.3, -0.25) is 0 Å². The van der Waals surface area contributed by atoms with E-state index in [1.807, 2.05) is 22.9 Å². The number of nitrogens with zero attached hydrogens (tertiary/aromatic N) is 4. The monoisotopic (exact) mass is 398 g/mol. The van der Waals surface area contributed by atoms with Crippen LogP contribution in [0.15, 0.2) is 29.7 Å². The van der Waals surface area contributed by atoms with E-state index in [1.165, 1.54) is 44.9 Å². The van der Waals surface area contributed by atoms with E-state index >= 15 is 0 Å². The molecule has 0 spiro atoms. The van der Waals surface area contributed by atoms with Crippen molar-refractivity contribution in [2.24, 2.45) is 0 Å². The number of rotatable bonds is 5. The Balaban J connectivity index is 1.58. The molecular weight excluding hydrogens is 372 g/mol. The summed E-state index contributed by atoms with van der Waals surface area (Å²) in [5.74, 6) is 0.347. The Bertz CT molecular complexity index is 1000. The first-order valence-corrected chi connectivity index (χ1v) is 10.8. The third-order valence-corrected chi connectivity index (χ3v) is 6.57. The van der Waals surface area contributed by atoms with Crippen molar-refractivity contribution in [3.8, 4) is 0 Å². The summed E-state index contributed by atoms with van der Waals surface area (Å²) in [6, 6.07) is 4.14. The van der Waals surface area contributed by atoms with Gasteiger partial charge in [-0.05, 0) is 38.8 Å². The number of aryl methyl sites for hydroxylation is 1. The van der Waals surface area contributed by atoms with E-state index in [9.17, 15) is 4.79 Å². The molecule has 1 saturated carbocycles.